The number of nitrogens with zero attached hydrogens (tertiary/aromatic N) is 1. The van der Waals surface area contributed by atoms with E-state index in [1.165, 1.54) is 13.2 Å². The van der Waals surface area contributed by atoms with Gasteiger partial charge < -0.3 is 10.1 Å². The standard InChI is InChI=1S/C18H26N2O3S/c1-5-7-8-18(6-2)12-24(21,22)17-9-14(11-19)16(23-4)10-15(17)13(3)20-18/h9-10,13,20H,5-8,12H2,1-4H3. The lowest BCUT2D eigenvalue weighted by Gasteiger charge is -2.34. The molecule has 0 saturated carbocycles. The van der Waals surface area contributed by atoms with Crippen LogP contribution in [0, 0.1) is 11.3 Å². The summed E-state index contributed by atoms with van der Waals surface area (Å²) in [6.45, 7) is 6.11. The van der Waals surface area contributed by atoms with Crippen molar-refractivity contribution in [2.45, 2.75) is 62.9 Å². The average molecular weight is 350 g/mol. The molecule has 1 aromatic rings. The predicted molar refractivity (Wildman–Crippen MR) is 93.9 cm³/mol. The number of nitriles is 1. The molecule has 0 radical (unpaired) electrons. The van der Waals surface area contributed by atoms with Crippen LogP contribution in [0.15, 0.2) is 17.0 Å². The quantitative estimate of drug-likeness (QED) is 0.881. The molecule has 0 fully saturated rings. The lowest BCUT2D eigenvalue weighted by molar-refractivity contribution is 0.287. The van der Waals surface area contributed by atoms with Crippen LogP contribution in [-0.4, -0.2) is 26.8 Å². The van der Waals surface area contributed by atoms with Crippen molar-refractivity contribution in [1.29, 1.82) is 5.26 Å². The molecule has 0 aromatic heterocycles. The zero-order valence-corrected chi connectivity index (χ0v) is 15.7. The summed E-state index contributed by atoms with van der Waals surface area (Å²) in [6.07, 6.45) is 3.57. The van der Waals surface area contributed by atoms with Gasteiger partial charge in [0.1, 0.15) is 11.8 Å². The summed E-state index contributed by atoms with van der Waals surface area (Å²) in [4.78, 5) is 0.256. The number of sulfone groups is 1. The van der Waals surface area contributed by atoms with Crippen molar-refractivity contribution in [3.63, 3.8) is 0 Å². The van der Waals surface area contributed by atoms with Gasteiger partial charge in [0.15, 0.2) is 9.84 Å². The maximum atomic E-state index is 13.1. The summed E-state index contributed by atoms with van der Waals surface area (Å²) in [5, 5.41) is 12.8. The van der Waals surface area contributed by atoms with Crippen molar-refractivity contribution in [1.82, 2.24) is 5.32 Å². The van der Waals surface area contributed by atoms with Gasteiger partial charge >= 0.3 is 0 Å². The molecule has 1 heterocycles. The molecule has 132 valence electrons. The molecule has 1 aromatic carbocycles. The summed E-state index contributed by atoms with van der Waals surface area (Å²) in [5.41, 5.74) is 0.495. The Morgan fingerprint density at radius 3 is 2.67 bits per heavy atom. The van der Waals surface area contributed by atoms with Crippen LogP contribution in [0.3, 0.4) is 0 Å². The zero-order valence-electron chi connectivity index (χ0n) is 14.8. The van der Waals surface area contributed by atoms with Crippen molar-refractivity contribution < 1.29 is 13.2 Å². The summed E-state index contributed by atoms with van der Waals surface area (Å²) < 4.78 is 31.4. The smallest absolute Gasteiger partial charge is 0.180 e. The molecule has 2 atom stereocenters. The zero-order chi connectivity index (χ0) is 18.0. The van der Waals surface area contributed by atoms with E-state index in [1.807, 2.05) is 19.9 Å². The molecule has 1 aliphatic heterocycles. The summed E-state index contributed by atoms with van der Waals surface area (Å²) in [6, 6.07) is 5.05. The van der Waals surface area contributed by atoms with Crippen molar-refractivity contribution in [2.24, 2.45) is 0 Å². The van der Waals surface area contributed by atoms with Crippen LogP contribution in [0.5, 0.6) is 5.75 Å². The second-order valence-corrected chi connectivity index (χ2v) is 8.52. The molecule has 24 heavy (non-hydrogen) atoms. The van der Waals surface area contributed by atoms with Crippen molar-refractivity contribution >= 4 is 9.84 Å². The van der Waals surface area contributed by atoms with Gasteiger partial charge in [-0.2, -0.15) is 5.26 Å². The fraction of sp³-hybridized carbons (Fsp3) is 0.611. The Hall–Kier alpha value is -1.58. The highest BCUT2D eigenvalue weighted by Crippen LogP contribution is 2.37. The Morgan fingerprint density at radius 1 is 1.42 bits per heavy atom. The molecule has 0 spiro atoms. The van der Waals surface area contributed by atoms with E-state index in [9.17, 15) is 13.7 Å². The molecule has 0 saturated heterocycles. The largest absolute Gasteiger partial charge is 0.495 e. The minimum Gasteiger partial charge on any atom is -0.495 e. The first kappa shape index (κ1) is 18.8. The predicted octanol–water partition coefficient (Wildman–Crippen LogP) is 3.34. The van der Waals surface area contributed by atoms with Gasteiger partial charge in [-0.25, -0.2) is 8.42 Å². The SMILES string of the molecule is CCCCC1(CC)CS(=O)(=O)c2cc(C#N)c(OC)cc2C(C)N1. The number of unbranched alkanes of at least 4 members (excludes halogenated alkanes) is 1. The third kappa shape index (κ3) is 3.42. The van der Waals surface area contributed by atoms with Crippen LogP contribution in [0.2, 0.25) is 0 Å². The third-order valence-electron chi connectivity index (χ3n) is 4.93. The number of hydrogen-bond acceptors (Lipinski definition) is 5. The molecule has 0 aliphatic carbocycles. The van der Waals surface area contributed by atoms with E-state index in [2.05, 4.69) is 12.2 Å². The van der Waals surface area contributed by atoms with Crippen LogP contribution in [-0.2, 0) is 9.84 Å². The monoisotopic (exact) mass is 350 g/mol. The van der Waals surface area contributed by atoms with E-state index in [4.69, 9.17) is 4.74 Å². The van der Waals surface area contributed by atoms with Crippen molar-refractivity contribution in [3.8, 4) is 11.8 Å². The molecule has 1 N–H and O–H groups in total. The molecule has 2 rings (SSSR count). The first-order valence-corrected chi connectivity index (χ1v) is 10.1. The molecule has 6 heteroatoms. The average Bonchev–Trinajstić information content (AvgIpc) is 2.65. The Kier molecular flexibility index (Phi) is 5.56. The number of fused-ring (bicyclic) bond motifs is 1. The second kappa shape index (κ2) is 7.12. The minimum absolute atomic E-state index is 0.0606. The molecule has 0 amide bonds. The lowest BCUT2D eigenvalue weighted by atomic mass is 9.90. The normalized spacial score (nSPS) is 25.4. The highest BCUT2D eigenvalue weighted by Gasteiger charge is 2.40. The fourth-order valence-electron chi connectivity index (χ4n) is 3.50. The van der Waals surface area contributed by atoms with E-state index in [1.54, 1.807) is 6.07 Å². The number of methoxy groups -OCH3 is 1. The van der Waals surface area contributed by atoms with Crippen LogP contribution in [0.1, 0.15) is 63.6 Å². The van der Waals surface area contributed by atoms with E-state index in [0.29, 0.717) is 11.3 Å². The highest BCUT2D eigenvalue weighted by atomic mass is 32.2. The molecular formula is C18H26N2O3S. The van der Waals surface area contributed by atoms with Crippen molar-refractivity contribution in [2.75, 3.05) is 12.9 Å². The maximum absolute atomic E-state index is 13.1. The summed E-state index contributed by atoms with van der Waals surface area (Å²) in [7, 11) is -2.00. The van der Waals surface area contributed by atoms with Gasteiger partial charge in [-0.3, -0.25) is 0 Å². The van der Waals surface area contributed by atoms with Crippen molar-refractivity contribution in [3.05, 3.63) is 23.3 Å². The van der Waals surface area contributed by atoms with E-state index < -0.39 is 15.4 Å². The molecule has 5 nitrogen and oxygen atoms in total. The van der Waals surface area contributed by atoms with Gasteiger partial charge in [0, 0.05) is 11.6 Å². The van der Waals surface area contributed by atoms with Crippen LogP contribution < -0.4 is 10.1 Å². The van der Waals surface area contributed by atoms with E-state index >= 15 is 0 Å². The van der Waals surface area contributed by atoms with Gasteiger partial charge in [-0.05, 0) is 37.5 Å². The Balaban J connectivity index is 2.61. The highest BCUT2D eigenvalue weighted by molar-refractivity contribution is 7.91. The fourth-order valence-corrected chi connectivity index (χ4v) is 5.71. The van der Waals surface area contributed by atoms with E-state index in [-0.39, 0.29) is 22.3 Å². The minimum atomic E-state index is -3.49. The molecule has 1 aliphatic rings. The number of benzene rings is 1. The Morgan fingerprint density at radius 2 is 2.12 bits per heavy atom. The lowest BCUT2D eigenvalue weighted by Crippen LogP contribution is -2.49. The molecular weight excluding hydrogens is 324 g/mol. The number of hydrogen-bond donors (Lipinski definition) is 1. The second-order valence-electron chi connectivity index (χ2n) is 6.56. The Bertz CT molecular complexity index is 752. The van der Waals surface area contributed by atoms with Gasteiger partial charge in [0.2, 0.25) is 0 Å². The number of rotatable bonds is 5. The van der Waals surface area contributed by atoms with Gasteiger partial charge in [0.25, 0.3) is 0 Å². The first-order valence-electron chi connectivity index (χ1n) is 8.45. The van der Waals surface area contributed by atoms with Crippen LogP contribution in [0.25, 0.3) is 0 Å². The van der Waals surface area contributed by atoms with Gasteiger partial charge in [-0.15, -0.1) is 0 Å². The van der Waals surface area contributed by atoms with Gasteiger partial charge in [-0.1, -0.05) is 26.7 Å². The summed E-state index contributed by atoms with van der Waals surface area (Å²) in [5.74, 6) is 0.475. The first-order chi connectivity index (χ1) is 11.3. The molecule has 2 unspecified atom stereocenters. The van der Waals surface area contributed by atoms with E-state index in [0.717, 1.165) is 25.7 Å². The number of nitrogens with one attached hydrogen (secondary N) is 1. The topological polar surface area (TPSA) is 79.2 Å². The van der Waals surface area contributed by atoms with Gasteiger partial charge in [0.05, 0.1) is 23.3 Å². The van der Waals surface area contributed by atoms with Crippen LogP contribution >= 0.6 is 0 Å². The summed E-state index contributed by atoms with van der Waals surface area (Å²) >= 11 is 0. The maximum Gasteiger partial charge on any atom is 0.180 e. The third-order valence-corrected chi connectivity index (χ3v) is 6.88. The van der Waals surface area contributed by atoms with Crippen LogP contribution in [0.4, 0.5) is 0 Å². The number of ether oxygens (including phenoxy) is 1. The molecule has 0 bridgehead atoms. The Labute approximate surface area is 144 Å².